The quantitative estimate of drug-likeness (QED) is 0.557. The summed E-state index contributed by atoms with van der Waals surface area (Å²) in [5, 5.41) is 0. The van der Waals surface area contributed by atoms with Crippen LogP contribution in [0.5, 0.6) is 0 Å². The Morgan fingerprint density at radius 2 is 2.38 bits per heavy atom. The molecule has 1 nitrogen and oxygen atoms in total. The number of hydrogen-bond donors (Lipinski definition) is 0. The van der Waals surface area contributed by atoms with Crippen LogP contribution in [0.4, 0.5) is 0 Å². The van der Waals surface area contributed by atoms with Crippen LogP contribution in [0.3, 0.4) is 0 Å². The molecule has 2 heteroatoms. The Balaban J connectivity index is 0.000000490. The molecule has 0 spiro atoms. The van der Waals surface area contributed by atoms with Crippen molar-refractivity contribution < 1.29 is 0 Å². The zero-order chi connectivity index (χ0) is 5.11. The molecule has 1 heterocycles. The molecule has 1 aliphatic heterocycles. The summed E-state index contributed by atoms with van der Waals surface area (Å²) in [5.41, 5.74) is 0. The van der Waals surface area contributed by atoms with E-state index in [1.54, 1.807) is 0 Å². The summed E-state index contributed by atoms with van der Waals surface area (Å²) >= 11 is 0. The van der Waals surface area contributed by atoms with Crippen molar-refractivity contribution in [2.45, 2.75) is 19.4 Å². The summed E-state index contributed by atoms with van der Waals surface area (Å²) in [6.45, 7) is 2.11. The van der Waals surface area contributed by atoms with Crippen molar-refractivity contribution in [3.63, 3.8) is 0 Å². The van der Waals surface area contributed by atoms with Crippen LogP contribution in [0.25, 0.3) is 0 Å². The molecule has 1 aliphatic rings. The second kappa shape index (κ2) is 4.06. The summed E-state index contributed by atoms with van der Waals surface area (Å²) in [7, 11) is 0. The largest absolute Gasteiger partial charge is 0.290 e. The van der Waals surface area contributed by atoms with E-state index in [0.29, 0.717) is 6.04 Å². The molecule has 1 unspecified atom stereocenters. The fourth-order valence-corrected chi connectivity index (χ4v) is 0.594. The number of allylic oxidation sites excluding steroid dienone is 1. The van der Waals surface area contributed by atoms with Crippen LogP contribution in [0, 0.1) is 0 Å². The number of halogens is 1. The van der Waals surface area contributed by atoms with Gasteiger partial charge in [0, 0.05) is 6.21 Å². The molecule has 46 valence electrons. The van der Waals surface area contributed by atoms with Crippen LogP contribution in [0.15, 0.2) is 17.1 Å². The average Bonchev–Trinajstić information content (AvgIpc) is 1.69. The lowest BCUT2D eigenvalue weighted by atomic mass is 10.2. The van der Waals surface area contributed by atoms with Gasteiger partial charge in [-0.3, -0.25) is 4.99 Å². The lowest BCUT2D eigenvalue weighted by Gasteiger charge is -2.02. The SMILES string of the molecule is CC1CC=CC=N1.I. The summed E-state index contributed by atoms with van der Waals surface area (Å²) in [4.78, 5) is 4.12. The number of hydrogen-bond acceptors (Lipinski definition) is 1. The number of rotatable bonds is 0. The number of aliphatic imine (C=N–C) groups is 1. The van der Waals surface area contributed by atoms with E-state index in [0.717, 1.165) is 6.42 Å². The fraction of sp³-hybridized carbons (Fsp3) is 0.500. The van der Waals surface area contributed by atoms with Gasteiger partial charge in [0.05, 0.1) is 6.04 Å². The van der Waals surface area contributed by atoms with Gasteiger partial charge < -0.3 is 0 Å². The Kier molecular flexibility index (Phi) is 4.13. The molecule has 0 N–H and O–H groups in total. The molecule has 0 aliphatic carbocycles. The van der Waals surface area contributed by atoms with Crippen LogP contribution in [-0.2, 0) is 0 Å². The predicted molar refractivity (Wildman–Crippen MR) is 47.1 cm³/mol. The van der Waals surface area contributed by atoms with Gasteiger partial charge in [-0.15, -0.1) is 24.0 Å². The van der Waals surface area contributed by atoms with Crippen LogP contribution in [0.1, 0.15) is 13.3 Å². The molecular weight excluding hydrogens is 213 g/mol. The Bertz CT molecular complexity index is 107. The first-order valence-corrected chi connectivity index (χ1v) is 2.58. The zero-order valence-electron chi connectivity index (χ0n) is 4.87. The minimum Gasteiger partial charge on any atom is -0.290 e. The first-order chi connectivity index (χ1) is 3.39. The van der Waals surface area contributed by atoms with Gasteiger partial charge in [0.1, 0.15) is 0 Å². The minimum atomic E-state index is 0. The van der Waals surface area contributed by atoms with E-state index in [1.807, 2.05) is 12.3 Å². The highest BCUT2D eigenvalue weighted by Gasteiger charge is 1.94. The second-order valence-electron chi connectivity index (χ2n) is 1.81. The van der Waals surface area contributed by atoms with E-state index in [-0.39, 0.29) is 24.0 Å². The lowest BCUT2D eigenvalue weighted by Crippen LogP contribution is -1.97. The lowest BCUT2D eigenvalue weighted by molar-refractivity contribution is 0.757. The summed E-state index contributed by atoms with van der Waals surface area (Å²) < 4.78 is 0. The maximum atomic E-state index is 4.12. The molecule has 0 bridgehead atoms. The summed E-state index contributed by atoms with van der Waals surface area (Å²) in [5.74, 6) is 0. The minimum absolute atomic E-state index is 0. The second-order valence-corrected chi connectivity index (χ2v) is 1.81. The molecule has 0 aromatic heterocycles. The van der Waals surface area contributed by atoms with Gasteiger partial charge >= 0.3 is 0 Å². The van der Waals surface area contributed by atoms with Crippen molar-refractivity contribution in [2.24, 2.45) is 4.99 Å². The molecule has 1 rings (SSSR count). The molecule has 0 amide bonds. The topological polar surface area (TPSA) is 12.4 Å². The molecule has 0 fully saturated rings. The van der Waals surface area contributed by atoms with Crippen molar-refractivity contribution >= 4 is 30.2 Å². The molecule has 0 aromatic carbocycles. The smallest absolute Gasteiger partial charge is 0.0505 e. The van der Waals surface area contributed by atoms with Crippen LogP contribution in [0.2, 0.25) is 0 Å². The number of nitrogens with zero attached hydrogens (tertiary/aromatic N) is 1. The van der Waals surface area contributed by atoms with Crippen LogP contribution in [-0.4, -0.2) is 12.3 Å². The van der Waals surface area contributed by atoms with Gasteiger partial charge in [-0.25, -0.2) is 0 Å². The third-order valence-corrected chi connectivity index (χ3v) is 1.04. The Morgan fingerprint density at radius 1 is 1.62 bits per heavy atom. The highest BCUT2D eigenvalue weighted by atomic mass is 127. The Hall–Kier alpha value is 0.140. The van der Waals surface area contributed by atoms with Crippen molar-refractivity contribution in [1.29, 1.82) is 0 Å². The third-order valence-electron chi connectivity index (χ3n) is 1.04. The maximum absolute atomic E-state index is 4.12. The van der Waals surface area contributed by atoms with Gasteiger partial charge in [0.25, 0.3) is 0 Å². The van der Waals surface area contributed by atoms with E-state index in [9.17, 15) is 0 Å². The van der Waals surface area contributed by atoms with Crippen molar-refractivity contribution in [3.8, 4) is 0 Å². The third kappa shape index (κ3) is 2.45. The van der Waals surface area contributed by atoms with Crippen molar-refractivity contribution in [3.05, 3.63) is 12.2 Å². The van der Waals surface area contributed by atoms with Gasteiger partial charge in [-0.1, -0.05) is 6.08 Å². The van der Waals surface area contributed by atoms with Crippen molar-refractivity contribution in [1.82, 2.24) is 0 Å². The molecule has 0 radical (unpaired) electrons. The van der Waals surface area contributed by atoms with E-state index >= 15 is 0 Å². The van der Waals surface area contributed by atoms with Gasteiger partial charge in [-0.05, 0) is 19.4 Å². The van der Waals surface area contributed by atoms with Gasteiger partial charge in [-0.2, -0.15) is 0 Å². The summed E-state index contributed by atoms with van der Waals surface area (Å²) in [6.07, 6.45) is 7.09. The molecule has 0 aromatic rings. The fourth-order valence-electron chi connectivity index (χ4n) is 0.594. The highest BCUT2D eigenvalue weighted by molar-refractivity contribution is 14.0. The normalized spacial score (nSPS) is 24.9. The Labute approximate surface area is 66.9 Å². The first kappa shape index (κ1) is 8.14. The monoisotopic (exact) mass is 223 g/mol. The standard InChI is InChI=1S/C6H9N.HI/c1-6-4-2-3-5-7-6;/h2-3,5-6H,4H2,1H3;1H. The number of dihydropyridines is 1. The predicted octanol–water partition coefficient (Wildman–Crippen LogP) is 2.02. The van der Waals surface area contributed by atoms with Gasteiger partial charge in [0.2, 0.25) is 0 Å². The van der Waals surface area contributed by atoms with E-state index in [4.69, 9.17) is 0 Å². The zero-order valence-corrected chi connectivity index (χ0v) is 7.20. The molecular formula is C6H10IN. The molecule has 0 saturated carbocycles. The summed E-state index contributed by atoms with van der Waals surface area (Å²) in [6, 6.07) is 0.519. The van der Waals surface area contributed by atoms with Crippen molar-refractivity contribution in [2.75, 3.05) is 0 Å². The molecule has 0 saturated heterocycles. The van der Waals surface area contributed by atoms with Gasteiger partial charge in [0.15, 0.2) is 0 Å². The van der Waals surface area contributed by atoms with Crippen LogP contribution >= 0.6 is 24.0 Å². The van der Waals surface area contributed by atoms with E-state index in [1.165, 1.54) is 0 Å². The van der Waals surface area contributed by atoms with E-state index < -0.39 is 0 Å². The molecule has 1 atom stereocenters. The maximum Gasteiger partial charge on any atom is 0.0505 e. The highest BCUT2D eigenvalue weighted by Crippen LogP contribution is 1.99. The Morgan fingerprint density at radius 3 is 2.62 bits per heavy atom. The molecule has 8 heavy (non-hydrogen) atoms. The first-order valence-electron chi connectivity index (χ1n) is 2.58. The van der Waals surface area contributed by atoms with Crippen LogP contribution < -0.4 is 0 Å². The average molecular weight is 223 g/mol. The van der Waals surface area contributed by atoms with E-state index in [2.05, 4.69) is 18.0 Å².